The molecule has 152 valence electrons. The standard InChI is InChI=1S/C23H16BrCl2NO3/c24-16-5-3-4-15(11-16)21(28)12-23(30)17-6-1-2-7-20(17)27(22(23)29)13-14-8-9-18(25)19(26)10-14/h1-11,30H,12-13H2. The van der Waals surface area contributed by atoms with Gasteiger partial charge in [0.15, 0.2) is 11.4 Å². The van der Waals surface area contributed by atoms with Crippen LogP contribution in [0.15, 0.2) is 71.2 Å². The molecule has 4 nitrogen and oxygen atoms in total. The summed E-state index contributed by atoms with van der Waals surface area (Å²) in [5.41, 5.74) is 0.226. The first-order valence-corrected chi connectivity index (χ1v) is 10.7. The summed E-state index contributed by atoms with van der Waals surface area (Å²) in [7, 11) is 0. The fourth-order valence-electron chi connectivity index (χ4n) is 3.65. The van der Waals surface area contributed by atoms with Crippen LogP contribution in [-0.4, -0.2) is 16.8 Å². The van der Waals surface area contributed by atoms with Crippen LogP contribution in [0.4, 0.5) is 5.69 Å². The topological polar surface area (TPSA) is 57.6 Å². The van der Waals surface area contributed by atoms with Crippen molar-refractivity contribution >= 4 is 56.5 Å². The monoisotopic (exact) mass is 503 g/mol. The van der Waals surface area contributed by atoms with Crippen molar-refractivity contribution in [2.75, 3.05) is 4.90 Å². The first kappa shape index (κ1) is 21.1. The summed E-state index contributed by atoms with van der Waals surface area (Å²) in [5, 5.41) is 12.2. The van der Waals surface area contributed by atoms with Gasteiger partial charge >= 0.3 is 0 Å². The Balaban J connectivity index is 1.68. The zero-order chi connectivity index (χ0) is 21.5. The number of ketones is 1. The van der Waals surface area contributed by atoms with E-state index in [0.717, 1.165) is 10.0 Å². The number of carbonyl (C=O) groups excluding carboxylic acids is 2. The molecule has 30 heavy (non-hydrogen) atoms. The number of halogens is 3. The van der Waals surface area contributed by atoms with Crippen LogP contribution in [0.5, 0.6) is 0 Å². The van der Waals surface area contributed by atoms with Gasteiger partial charge in [-0.15, -0.1) is 0 Å². The molecule has 0 saturated carbocycles. The number of carbonyl (C=O) groups is 2. The molecule has 1 atom stereocenters. The predicted octanol–water partition coefficient (Wildman–Crippen LogP) is 5.76. The van der Waals surface area contributed by atoms with Crippen LogP contribution in [0.1, 0.15) is 27.9 Å². The molecule has 1 aliphatic heterocycles. The molecule has 0 saturated heterocycles. The predicted molar refractivity (Wildman–Crippen MR) is 121 cm³/mol. The van der Waals surface area contributed by atoms with E-state index in [4.69, 9.17) is 23.2 Å². The van der Waals surface area contributed by atoms with E-state index in [1.165, 1.54) is 4.90 Å². The van der Waals surface area contributed by atoms with Crippen LogP contribution in [-0.2, 0) is 16.9 Å². The van der Waals surface area contributed by atoms with Crippen molar-refractivity contribution in [3.05, 3.63) is 97.9 Å². The lowest BCUT2D eigenvalue weighted by molar-refractivity contribution is -0.136. The Hall–Kier alpha value is -2.18. The molecule has 7 heteroatoms. The summed E-state index contributed by atoms with van der Waals surface area (Å²) >= 11 is 15.4. The van der Waals surface area contributed by atoms with Crippen molar-refractivity contribution in [2.24, 2.45) is 0 Å². The van der Waals surface area contributed by atoms with Gasteiger partial charge < -0.3 is 10.0 Å². The molecule has 1 unspecified atom stereocenters. The third-order valence-corrected chi connectivity index (χ3v) is 6.36. The number of aliphatic hydroxyl groups is 1. The molecule has 4 rings (SSSR count). The molecule has 0 bridgehead atoms. The fourth-order valence-corrected chi connectivity index (χ4v) is 4.37. The molecule has 0 aromatic heterocycles. The molecule has 3 aromatic carbocycles. The third-order valence-electron chi connectivity index (χ3n) is 5.13. The van der Waals surface area contributed by atoms with E-state index < -0.39 is 11.5 Å². The van der Waals surface area contributed by atoms with E-state index in [2.05, 4.69) is 15.9 Å². The van der Waals surface area contributed by atoms with E-state index in [1.54, 1.807) is 66.7 Å². The highest BCUT2D eigenvalue weighted by molar-refractivity contribution is 9.10. The highest BCUT2D eigenvalue weighted by Gasteiger charge is 2.50. The Morgan fingerprint density at radius 3 is 2.50 bits per heavy atom. The van der Waals surface area contributed by atoms with Gasteiger partial charge in [0.1, 0.15) is 0 Å². The highest BCUT2D eigenvalue weighted by Crippen LogP contribution is 2.43. The van der Waals surface area contributed by atoms with Gasteiger partial charge in [0, 0.05) is 15.6 Å². The number of rotatable bonds is 5. The van der Waals surface area contributed by atoms with E-state index in [-0.39, 0.29) is 18.7 Å². The molecule has 1 amide bonds. The van der Waals surface area contributed by atoms with Crippen molar-refractivity contribution in [1.29, 1.82) is 0 Å². The van der Waals surface area contributed by atoms with Crippen LogP contribution in [0.3, 0.4) is 0 Å². The van der Waals surface area contributed by atoms with E-state index >= 15 is 0 Å². The molecule has 1 aliphatic rings. The van der Waals surface area contributed by atoms with Crippen LogP contribution in [0.2, 0.25) is 10.0 Å². The third kappa shape index (κ3) is 3.79. The number of benzene rings is 3. The quantitative estimate of drug-likeness (QED) is 0.449. The van der Waals surface area contributed by atoms with Gasteiger partial charge in [0.2, 0.25) is 0 Å². The molecule has 0 spiro atoms. The summed E-state index contributed by atoms with van der Waals surface area (Å²) in [5.74, 6) is -0.864. The van der Waals surface area contributed by atoms with Crippen molar-refractivity contribution in [3.8, 4) is 0 Å². The van der Waals surface area contributed by atoms with Gasteiger partial charge in [0.05, 0.1) is 28.7 Å². The van der Waals surface area contributed by atoms with Gasteiger partial charge in [0.25, 0.3) is 5.91 Å². The molecule has 3 aromatic rings. The first-order valence-electron chi connectivity index (χ1n) is 9.16. The van der Waals surface area contributed by atoms with Crippen LogP contribution in [0, 0.1) is 0 Å². The minimum absolute atomic E-state index is 0.195. The Bertz CT molecular complexity index is 1170. The van der Waals surface area contributed by atoms with Gasteiger partial charge in [-0.25, -0.2) is 0 Å². The van der Waals surface area contributed by atoms with Crippen molar-refractivity contribution < 1.29 is 14.7 Å². The van der Waals surface area contributed by atoms with Gasteiger partial charge in [-0.1, -0.05) is 75.5 Å². The molecular weight excluding hydrogens is 489 g/mol. The molecule has 0 fully saturated rings. The number of fused-ring (bicyclic) bond motifs is 1. The van der Waals surface area contributed by atoms with E-state index in [0.29, 0.717) is 26.9 Å². The molecule has 0 aliphatic carbocycles. The highest BCUT2D eigenvalue weighted by atomic mass is 79.9. The first-order chi connectivity index (χ1) is 14.3. The maximum absolute atomic E-state index is 13.3. The minimum atomic E-state index is -1.94. The fraction of sp³-hybridized carbons (Fsp3) is 0.130. The zero-order valence-electron chi connectivity index (χ0n) is 15.6. The SMILES string of the molecule is O=C(CC1(O)C(=O)N(Cc2ccc(Cl)c(Cl)c2)c2ccccc21)c1cccc(Br)c1. The summed E-state index contributed by atoms with van der Waals surface area (Å²) < 4.78 is 0.750. The molecule has 0 radical (unpaired) electrons. The largest absolute Gasteiger partial charge is 0.375 e. The van der Waals surface area contributed by atoms with Crippen molar-refractivity contribution in [1.82, 2.24) is 0 Å². The zero-order valence-corrected chi connectivity index (χ0v) is 18.7. The number of hydrogen-bond acceptors (Lipinski definition) is 3. The Morgan fingerprint density at radius 2 is 1.77 bits per heavy atom. The molecule has 1 N–H and O–H groups in total. The number of para-hydroxylation sites is 1. The lowest BCUT2D eigenvalue weighted by Crippen LogP contribution is -2.41. The average Bonchev–Trinajstić information content (AvgIpc) is 2.93. The van der Waals surface area contributed by atoms with Crippen molar-refractivity contribution in [3.63, 3.8) is 0 Å². The number of Topliss-reactive ketones (excluding diaryl/α,β-unsaturated/α-hetero) is 1. The average molecular weight is 505 g/mol. The lowest BCUT2D eigenvalue weighted by atomic mass is 9.88. The summed E-state index contributed by atoms with van der Waals surface area (Å²) in [6.07, 6.45) is -0.350. The molecular formula is C23H16BrCl2NO3. The second-order valence-corrected chi connectivity index (χ2v) is 8.86. The van der Waals surface area contributed by atoms with Crippen LogP contribution >= 0.6 is 39.1 Å². The van der Waals surface area contributed by atoms with Crippen LogP contribution in [0.25, 0.3) is 0 Å². The lowest BCUT2D eigenvalue weighted by Gasteiger charge is -2.23. The second kappa shape index (κ2) is 8.16. The summed E-state index contributed by atoms with van der Waals surface area (Å²) in [6.45, 7) is 0.195. The van der Waals surface area contributed by atoms with Gasteiger partial charge in [-0.05, 0) is 35.9 Å². The second-order valence-electron chi connectivity index (χ2n) is 7.13. The number of amides is 1. The van der Waals surface area contributed by atoms with E-state index in [9.17, 15) is 14.7 Å². The number of hydrogen-bond donors (Lipinski definition) is 1. The smallest absolute Gasteiger partial charge is 0.264 e. The normalized spacial score (nSPS) is 17.9. The van der Waals surface area contributed by atoms with Gasteiger partial charge in [-0.2, -0.15) is 0 Å². The van der Waals surface area contributed by atoms with E-state index in [1.807, 2.05) is 0 Å². The Morgan fingerprint density at radius 1 is 1.00 bits per heavy atom. The van der Waals surface area contributed by atoms with Crippen LogP contribution < -0.4 is 4.90 Å². The Labute approximate surface area is 192 Å². The van der Waals surface area contributed by atoms with Gasteiger partial charge in [-0.3, -0.25) is 9.59 Å². The maximum Gasteiger partial charge on any atom is 0.264 e. The number of nitrogens with zero attached hydrogens (tertiary/aromatic N) is 1. The summed E-state index contributed by atoms with van der Waals surface area (Å²) in [4.78, 5) is 27.7. The molecule has 1 heterocycles. The summed E-state index contributed by atoms with van der Waals surface area (Å²) in [6, 6.07) is 19.0. The number of anilines is 1. The maximum atomic E-state index is 13.3. The van der Waals surface area contributed by atoms with Crippen molar-refractivity contribution in [2.45, 2.75) is 18.6 Å². The Kier molecular flexibility index (Phi) is 5.73. The minimum Gasteiger partial charge on any atom is -0.375 e.